The van der Waals surface area contributed by atoms with Gasteiger partial charge in [-0.15, -0.1) is 6.58 Å². The quantitative estimate of drug-likeness (QED) is 0.608. The van der Waals surface area contributed by atoms with Crippen molar-refractivity contribution in [1.82, 2.24) is 10.2 Å². The van der Waals surface area contributed by atoms with Crippen LogP contribution >= 0.6 is 0 Å². The van der Waals surface area contributed by atoms with E-state index in [1.165, 1.54) is 0 Å². The molecule has 1 atom stereocenters. The fourth-order valence-electron chi connectivity index (χ4n) is 3.00. The minimum atomic E-state index is -0.871. The zero-order chi connectivity index (χ0) is 15.9. The number of unbranched alkanes of at least 4 members (excludes halogenated alkanes) is 2. The van der Waals surface area contributed by atoms with Gasteiger partial charge in [-0.3, -0.25) is 4.90 Å². The van der Waals surface area contributed by atoms with Crippen LogP contribution < -0.4 is 5.32 Å². The summed E-state index contributed by atoms with van der Waals surface area (Å²) < 4.78 is 41.5. The van der Waals surface area contributed by atoms with Crippen LogP contribution in [0.3, 0.4) is 0 Å². The van der Waals surface area contributed by atoms with Crippen molar-refractivity contribution in [2.75, 3.05) is 26.2 Å². The van der Waals surface area contributed by atoms with Crippen LogP contribution in [0.1, 0.15) is 37.3 Å². The molecule has 0 radical (unpaired) electrons. The van der Waals surface area contributed by atoms with Gasteiger partial charge in [0.15, 0.2) is 0 Å². The second-order valence-corrected chi connectivity index (χ2v) is 5.66. The molecule has 1 aromatic rings. The zero-order valence-electron chi connectivity index (χ0n) is 12.8. The van der Waals surface area contributed by atoms with Gasteiger partial charge in [0.25, 0.3) is 0 Å². The summed E-state index contributed by atoms with van der Waals surface area (Å²) in [6, 6.07) is 1.21. The van der Waals surface area contributed by atoms with Crippen LogP contribution in [-0.2, 0) is 0 Å². The molecular weight excluding hydrogens is 289 g/mol. The van der Waals surface area contributed by atoms with Crippen molar-refractivity contribution in [2.24, 2.45) is 0 Å². The second-order valence-electron chi connectivity index (χ2n) is 5.66. The number of halogens is 3. The Morgan fingerprint density at radius 2 is 1.77 bits per heavy atom. The van der Waals surface area contributed by atoms with E-state index in [0.717, 1.165) is 57.6 Å². The molecule has 0 spiro atoms. The number of hydrogen-bond acceptors (Lipinski definition) is 2. The molecule has 1 aliphatic rings. The Labute approximate surface area is 130 Å². The van der Waals surface area contributed by atoms with Crippen LogP contribution in [-0.4, -0.2) is 31.1 Å². The van der Waals surface area contributed by atoms with E-state index in [0.29, 0.717) is 6.42 Å². The van der Waals surface area contributed by atoms with Gasteiger partial charge in [0, 0.05) is 49.9 Å². The number of nitrogens with zero attached hydrogens (tertiary/aromatic N) is 1. The summed E-state index contributed by atoms with van der Waals surface area (Å²) in [7, 11) is 0. The van der Waals surface area contributed by atoms with Crippen LogP contribution in [0.25, 0.3) is 0 Å². The smallest absolute Gasteiger partial charge is 0.133 e. The third-order valence-electron chi connectivity index (χ3n) is 4.11. The minimum Gasteiger partial charge on any atom is -0.314 e. The summed E-state index contributed by atoms with van der Waals surface area (Å²) in [5.74, 6) is -2.45. The molecule has 122 valence electrons. The van der Waals surface area contributed by atoms with Gasteiger partial charge in [-0.25, -0.2) is 13.2 Å². The maximum atomic E-state index is 14.2. The van der Waals surface area contributed by atoms with E-state index in [2.05, 4.69) is 16.8 Å². The Morgan fingerprint density at radius 1 is 1.14 bits per heavy atom. The van der Waals surface area contributed by atoms with Crippen molar-refractivity contribution in [1.29, 1.82) is 0 Å². The third kappa shape index (κ3) is 4.34. The highest BCUT2D eigenvalue weighted by Gasteiger charge is 2.27. The van der Waals surface area contributed by atoms with E-state index in [9.17, 15) is 13.2 Å². The number of piperazine rings is 1. The first-order valence-electron chi connectivity index (χ1n) is 7.83. The highest BCUT2D eigenvalue weighted by molar-refractivity contribution is 5.24. The number of rotatable bonds is 7. The topological polar surface area (TPSA) is 15.3 Å². The standard InChI is InChI=1S/C17H23F3N2/c1-2-3-4-5-6-16(22-9-7-21-8-10-22)17-14(19)11-13(18)12-15(17)20/h2,11-12,16,21H,1,3-10H2/t16-/m1/s1. The van der Waals surface area contributed by atoms with Crippen molar-refractivity contribution >= 4 is 0 Å². The van der Waals surface area contributed by atoms with Gasteiger partial charge in [0.1, 0.15) is 17.5 Å². The fraction of sp³-hybridized carbons (Fsp3) is 0.529. The number of allylic oxidation sites excluding steroid dienone is 1. The summed E-state index contributed by atoms with van der Waals surface area (Å²) in [4.78, 5) is 2.09. The summed E-state index contributed by atoms with van der Waals surface area (Å²) in [6.07, 6.45) is 5.20. The number of benzene rings is 1. The van der Waals surface area contributed by atoms with Gasteiger partial charge in [0.2, 0.25) is 0 Å². The SMILES string of the molecule is C=CCCCC[C@H](c1c(F)cc(F)cc1F)N1CCNCC1. The monoisotopic (exact) mass is 312 g/mol. The van der Waals surface area contributed by atoms with Gasteiger partial charge >= 0.3 is 0 Å². The minimum absolute atomic E-state index is 0.00176. The molecule has 0 aromatic heterocycles. The molecule has 0 unspecified atom stereocenters. The lowest BCUT2D eigenvalue weighted by Crippen LogP contribution is -2.45. The lowest BCUT2D eigenvalue weighted by atomic mass is 9.97. The molecule has 2 nitrogen and oxygen atoms in total. The fourth-order valence-corrected chi connectivity index (χ4v) is 3.00. The summed E-state index contributed by atoms with van der Waals surface area (Å²) in [6.45, 7) is 6.76. The predicted octanol–water partition coefficient (Wildman–Crippen LogP) is 3.80. The molecule has 5 heteroatoms. The van der Waals surface area contributed by atoms with Gasteiger partial charge in [-0.2, -0.15) is 0 Å². The molecule has 1 saturated heterocycles. The zero-order valence-corrected chi connectivity index (χ0v) is 12.8. The van der Waals surface area contributed by atoms with Crippen molar-refractivity contribution in [3.63, 3.8) is 0 Å². The van der Waals surface area contributed by atoms with Crippen molar-refractivity contribution < 1.29 is 13.2 Å². The highest BCUT2D eigenvalue weighted by Crippen LogP contribution is 2.31. The Hall–Kier alpha value is -1.33. The van der Waals surface area contributed by atoms with Gasteiger partial charge in [-0.05, 0) is 19.3 Å². The molecule has 1 aromatic carbocycles. The molecule has 1 aliphatic heterocycles. The number of nitrogens with one attached hydrogen (secondary N) is 1. The van der Waals surface area contributed by atoms with Crippen LogP contribution in [0.15, 0.2) is 24.8 Å². The molecule has 2 rings (SSSR count). The van der Waals surface area contributed by atoms with E-state index in [1.807, 2.05) is 6.08 Å². The number of hydrogen-bond donors (Lipinski definition) is 1. The average molecular weight is 312 g/mol. The van der Waals surface area contributed by atoms with Crippen molar-refractivity contribution in [3.05, 3.63) is 47.8 Å². The van der Waals surface area contributed by atoms with Crippen LogP contribution in [0.5, 0.6) is 0 Å². The predicted molar refractivity (Wildman–Crippen MR) is 82.2 cm³/mol. The molecular formula is C17H23F3N2. The van der Waals surface area contributed by atoms with E-state index in [1.54, 1.807) is 0 Å². The lowest BCUT2D eigenvalue weighted by Gasteiger charge is -2.35. The van der Waals surface area contributed by atoms with Crippen molar-refractivity contribution in [3.8, 4) is 0 Å². The first-order chi connectivity index (χ1) is 10.6. The summed E-state index contributed by atoms with van der Waals surface area (Å²) >= 11 is 0. The van der Waals surface area contributed by atoms with Crippen LogP contribution in [0, 0.1) is 17.5 Å². The molecule has 22 heavy (non-hydrogen) atoms. The maximum absolute atomic E-state index is 14.2. The molecule has 0 amide bonds. The highest BCUT2D eigenvalue weighted by atomic mass is 19.1. The largest absolute Gasteiger partial charge is 0.314 e. The maximum Gasteiger partial charge on any atom is 0.133 e. The first-order valence-corrected chi connectivity index (χ1v) is 7.83. The molecule has 1 heterocycles. The van der Waals surface area contributed by atoms with E-state index in [-0.39, 0.29) is 11.6 Å². The van der Waals surface area contributed by atoms with Gasteiger partial charge in [-0.1, -0.05) is 12.5 Å². The third-order valence-corrected chi connectivity index (χ3v) is 4.11. The molecule has 1 N–H and O–H groups in total. The Kier molecular flexibility index (Phi) is 6.46. The second kappa shape index (κ2) is 8.34. The van der Waals surface area contributed by atoms with E-state index in [4.69, 9.17) is 0 Å². The lowest BCUT2D eigenvalue weighted by molar-refractivity contribution is 0.156. The normalized spacial score (nSPS) is 17.4. The average Bonchev–Trinajstić information content (AvgIpc) is 2.49. The first kappa shape index (κ1) is 17.0. The molecule has 0 bridgehead atoms. The Balaban J connectivity index is 2.20. The van der Waals surface area contributed by atoms with E-state index >= 15 is 0 Å². The van der Waals surface area contributed by atoms with Crippen molar-refractivity contribution in [2.45, 2.75) is 31.7 Å². The molecule has 1 fully saturated rings. The molecule has 0 aliphatic carbocycles. The van der Waals surface area contributed by atoms with Gasteiger partial charge < -0.3 is 5.32 Å². The summed E-state index contributed by atoms with van der Waals surface area (Å²) in [5, 5.41) is 3.23. The Bertz CT molecular complexity index is 476. The Morgan fingerprint density at radius 3 is 2.36 bits per heavy atom. The van der Waals surface area contributed by atoms with Gasteiger partial charge in [0.05, 0.1) is 0 Å². The van der Waals surface area contributed by atoms with Crippen LogP contribution in [0.2, 0.25) is 0 Å². The van der Waals surface area contributed by atoms with Crippen LogP contribution in [0.4, 0.5) is 13.2 Å². The summed E-state index contributed by atoms with van der Waals surface area (Å²) in [5.41, 5.74) is 0.00176. The molecule has 0 saturated carbocycles. The van der Waals surface area contributed by atoms with E-state index < -0.39 is 17.5 Å².